The third-order valence-corrected chi connectivity index (χ3v) is 5.12. The van der Waals surface area contributed by atoms with E-state index in [1.807, 2.05) is 19.9 Å². The van der Waals surface area contributed by atoms with Crippen molar-refractivity contribution >= 4 is 16.9 Å². The fourth-order valence-electron chi connectivity index (χ4n) is 3.36. The first kappa shape index (κ1) is 25.8. The van der Waals surface area contributed by atoms with Gasteiger partial charge in [-0.05, 0) is 77.8 Å². The van der Waals surface area contributed by atoms with Crippen molar-refractivity contribution in [2.24, 2.45) is 0 Å². The summed E-state index contributed by atoms with van der Waals surface area (Å²) in [5.74, 6) is -0.225. The number of hydrogen-bond acceptors (Lipinski definition) is 6. The van der Waals surface area contributed by atoms with Crippen LogP contribution in [-0.4, -0.2) is 18.7 Å². The van der Waals surface area contributed by atoms with Gasteiger partial charge in [-0.2, -0.15) is 0 Å². The molecule has 0 saturated heterocycles. The largest absolute Gasteiger partial charge is 0.489 e. The van der Waals surface area contributed by atoms with Gasteiger partial charge in [0.15, 0.2) is 5.75 Å². The Hall–Kier alpha value is -3.80. The summed E-state index contributed by atoms with van der Waals surface area (Å²) in [6.45, 7) is 10.3. The third-order valence-electron chi connectivity index (χ3n) is 5.12. The van der Waals surface area contributed by atoms with E-state index < -0.39 is 11.6 Å². The van der Waals surface area contributed by atoms with Crippen LogP contribution in [-0.2, 0) is 0 Å². The summed E-state index contributed by atoms with van der Waals surface area (Å²) in [6, 6.07) is 13.6. The Morgan fingerprint density at radius 3 is 2.43 bits per heavy atom. The number of ether oxygens (including phenoxy) is 3. The predicted molar refractivity (Wildman–Crippen MR) is 138 cm³/mol. The zero-order valence-corrected chi connectivity index (χ0v) is 20.9. The Morgan fingerprint density at radius 2 is 1.74 bits per heavy atom. The molecule has 0 aliphatic carbocycles. The summed E-state index contributed by atoms with van der Waals surface area (Å²) in [7, 11) is 0. The summed E-state index contributed by atoms with van der Waals surface area (Å²) in [6.07, 6.45) is 5.97. The molecule has 0 bridgehead atoms. The summed E-state index contributed by atoms with van der Waals surface area (Å²) < 4.78 is 22.6. The van der Waals surface area contributed by atoms with E-state index in [2.05, 4.69) is 26.8 Å². The molecule has 1 aromatic heterocycles. The maximum atomic E-state index is 12.8. The molecule has 1 heterocycles. The minimum atomic E-state index is -0.801. The second kappa shape index (κ2) is 12.1. The van der Waals surface area contributed by atoms with E-state index in [9.17, 15) is 9.59 Å². The van der Waals surface area contributed by atoms with Crippen LogP contribution in [0.15, 0.2) is 81.0 Å². The zero-order chi connectivity index (χ0) is 25.4. The van der Waals surface area contributed by atoms with Gasteiger partial charge in [0.1, 0.15) is 17.9 Å². The monoisotopic (exact) mass is 476 g/mol. The van der Waals surface area contributed by atoms with Crippen LogP contribution in [0, 0.1) is 0 Å². The number of carbonyl (C=O) groups is 1. The highest BCUT2D eigenvalue weighted by Gasteiger charge is 2.22. The van der Waals surface area contributed by atoms with Gasteiger partial charge in [0, 0.05) is 6.07 Å². The van der Waals surface area contributed by atoms with E-state index in [-0.39, 0.29) is 23.2 Å². The second-order valence-corrected chi connectivity index (χ2v) is 8.81. The Labute approximate surface area is 205 Å². The number of rotatable bonds is 10. The summed E-state index contributed by atoms with van der Waals surface area (Å²) in [4.78, 5) is 25.4. The van der Waals surface area contributed by atoms with Gasteiger partial charge in [-0.15, -0.1) is 0 Å². The van der Waals surface area contributed by atoms with Gasteiger partial charge in [0.05, 0.1) is 17.1 Å². The highest BCUT2D eigenvalue weighted by atomic mass is 16.6. The molecule has 2 aromatic carbocycles. The van der Waals surface area contributed by atoms with Crippen molar-refractivity contribution in [2.45, 2.75) is 53.6 Å². The molecule has 0 spiro atoms. The molecule has 6 nitrogen and oxygen atoms in total. The first-order chi connectivity index (χ1) is 16.7. The second-order valence-electron chi connectivity index (χ2n) is 8.81. The first-order valence-electron chi connectivity index (χ1n) is 11.7. The Kier molecular flexibility index (Phi) is 8.90. The topological polar surface area (TPSA) is 75.0 Å². The van der Waals surface area contributed by atoms with Crippen LogP contribution in [0.5, 0.6) is 17.2 Å². The number of hydrogen-bond donors (Lipinski definition) is 0. The quantitative estimate of drug-likeness (QED) is 0.181. The maximum absolute atomic E-state index is 12.8. The number of fused-ring (bicyclic) bond motifs is 1. The van der Waals surface area contributed by atoms with E-state index in [1.54, 1.807) is 48.5 Å². The lowest BCUT2D eigenvalue weighted by molar-refractivity contribution is 0.0718. The molecular weight excluding hydrogens is 444 g/mol. The van der Waals surface area contributed by atoms with Crippen molar-refractivity contribution in [3.05, 3.63) is 87.8 Å². The van der Waals surface area contributed by atoms with Crippen molar-refractivity contribution in [2.75, 3.05) is 6.61 Å². The molecule has 6 heteroatoms. The maximum Gasteiger partial charge on any atom is 0.383 e. The molecule has 0 saturated carbocycles. The fraction of sp³-hybridized carbons (Fsp3) is 0.310. The standard InChI is InChI=1S/C29H32O6/c1-19(2)10-9-11-21(5)16-17-32-23-14-15-24-25(18-23)34-29(31)27(26(24)33-20(3)4)35-28(30)22-12-7-6-8-13-22/h6-8,10,12-16,18,20H,9,11,17H2,1-5H3/b21-16+. The smallest absolute Gasteiger partial charge is 0.383 e. The van der Waals surface area contributed by atoms with Crippen LogP contribution in [0.2, 0.25) is 0 Å². The average Bonchev–Trinajstić information content (AvgIpc) is 2.81. The number of allylic oxidation sites excluding steroid dienone is 3. The van der Waals surface area contributed by atoms with E-state index in [4.69, 9.17) is 18.6 Å². The lowest BCUT2D eigenvalue weighted by Gasteiger charge is -2.15. The lowest BCUT2D eigenvalue weighted by Crippen LogP contribution is -2.17. The van der Waals surface area contributed by atoms with Crippen LogP contribution < -0.4 is 19.8 Å². The average molecular weight is 477 g/mol. The van der Waals surface area contributed by atoms with Crippen molar-refractivity contribution < 1.29 is 23.4 Å². The summed E-state index contributed by atoms with van der Waals surface area (Å²) in [5, 5.41) is 0.509. The van der Waals surface area contributed by atoms with Gasteiger partial charge >= 0.3 is 11.6 Å². The molecule has 0 unspecified atom stereocenters. The van der Waals surface area contributed by atoms with Gasteiger partial charge in [-0.25, -0.2) is 9.59 Å². The van der Waals surface area contributed by atoms with E-state index in [0.29, 0.717) is 23.3 Å². The Bertz CT molecular complexity index is 1280. The van der Waals surface area contributed by atoms with Crippen molar-refractivity contribution in [3.8, 4) is 17.2 Å². The highest BCUT2D eigenvalue weighted by Crippen LogP contribution is 2.35. The van der Waals surface area contributed by atoms with Gasteiger partial charge in [0.2, 0.25) is 0 Å². The highest BCUT2D eigenvalue weighted by molar-refractivity contribution is 5.93. The molecule has 3 aromatic rings. The number of esters is 1. The molecule has 0 aliphatic heterocycles. The molecule has 35 heavy (non-hydrogen) atoms. The van der Waals surface area contributed by atoms with Gasteiger partial charge < -0.3 is 18.6 Å². The fourth-order valence-corrected chi connectivity index (χ4v) is 3.36. The molecule has 0 fully saturated rings. The Morgan fingerprint density at radius 1 is 1.00 bits per heavy atom. The number of carbonyl (C=O) groups excluding carboxylic acids is 1. The first-order valence-corrected chi connectivity index (χ1v) is 11.7. The molecule has 0 atom stereocenters. The minimum Gasteiger partial charge on any atom is -0.489 e. The van der Waals surface area contributed by atoms with Crippen LogP contribution in [0.3, 0.4) is 0 Å². The van der Waals surface area contributed by atoms with Gasteiger partial charge in [-0.3, -0.25) is 0 Å². The van der Waals surface area contributed by atoms with E-state index in [1.165, 1.54) is 11.1 Å². The third kappa shape index (κ3) is 7.34. The lowest BCUT2D eigenvalue weighted by atomic mass is 10.1. The molecule has 0 aliphatic rings. The zero-order valence-electron chi connectivity index (χ0n) is 20.9. The molecule has 3 rings (SSSR count). The van der Waals surface area contributed by atoms with Crippen LogP contribution in [0.1, 0.15) is 57.8 Å². The predicted octanol–water partition coefficient (Wildman–Crippen LogP) is 6.87. The van der Waals surface area contributed by atoms with Crippen LogP contribution in [0.4, 0.5) is 0 Å². The van der Waals surface area contributed by atoms with Crippen molar-refractivity contribution in [1.82, 2.24) is 0 Å². The van der Waals surface area contributed by atoms with Crippen LogP contribution >= 0.6 is 0 Å². The Balaban J connectivity index is 1.84. The van der Waals surface area contributed by atoms with Gasteiger partial charge in [0.25, 0.3) is 5.75 Å². The normalized spacial score (nSPS) is 11.4. The number of benzene rings is 2. The van der Waals surface area contributed by atoms with Crippen molar-refractivity contribution in [3.63, 3.8) is 0 Å². The molecule has 0 amide bonds. The van der Waals surface area contributed by atoms with Crippen LogP contribution in [0.25, 0.3) is 11.0 Å². The van der Waals surface area contributed by atoms with E-state index in [0.717, 1.165) is 12.8 Å². The van der Waals surface area contributed by atoms with E-state index >= 15 is 0 Å². The SMILES string of the molecule is CC(C)=CCC/C(C)=C/COc1ccc2c(OC(C)C)c(OC(=O)c3ccccc3)c(=O)oc2c1. The molecule has 0 N–H and O–H groups in total. The summed E-state index contributed by atoms with van der Waals surface area (Å²) >= 11 is 0. The van der Waals surface area contributed by atoms with Gasteiger partial charge in [-0.1, -0.05) is 35.4 Å². The molecule has 0 radical (unpaired) electrons. The summed E-state index contributed by atoms with van der Waals surface area (Å²) in [5.41, 5.74) is 2.35. The minimum absolute atomic E-state index is 0.164. The molecule has 184 valence electrons. The molecular formula is C29H32O6. The van der Waals surface area contributed by atoms with Crippen molar-refractivity contribution in [1.29, 1.82) is 0 Å².